The maximum Gasteiger partial charge on any atom is 0.108 e. The summed E-state index contributed by atoms with van der Waals surface area (Å²) in [5.41, 5.74) is 1.40. The van der Waals surface area contributed by atoms with Gasteiger partial charge in [-0.2, -0.15) is 5.10 Å². The monoisotopic (exact) mass is 210 g/mol. The molecule has 2 rings (SSSR count). The van der Waals surface area contributed by atoms with E-state index in [0.717, 1.165) is 12.8 Å². The number of nitrogens with zero attached hydrogens (tertiary/aromatic N) is 2. The van der Waals surface area contributed by atoms with E-state index >= 15 is 0 Å². The highest BCUT2D eigenvalue weighted by molar-refractivity contribution is 5.15. The fourth-order valence-electron chi connectivity index (χ4n) is 2.23. The molecule has 1 aliphatic rings. The quantitative estimate of drug-likeness (QED) is 0.733. The first kappa shape index (κ1) is 10.7. The van der Waals surface area contributed by atoms with Gasteiger partial charge in [0, 0.05) is 5.69 Å². The molecule has 1 fully saturated rings. The molecule has 0 unspecified atom stereocenters. The van der Waals surface area contributed by atoms with Crippen LogP contribution in [0.5, 0.6) is 0 Å². The van der Waals surface area contributed by atoms with Gasteiger partial charge >= 0.3 is 0 Å². The van der Waals surface area contributed by atoms with Crippen LogP contribution in [0, 0.1) is 19.8 Å². The molecule has 15 heavy (non-hydrogen) atoms. The van der Waals surface area contributed by atoms with E-state index in [2.05, 4.69) is 23.6 Å². The van der Waals surface area contributed by atoms with Crippen LogP contribution in [0.2, 0.25) is 0 Å². The standard InChI is InChI=1S/C12H19FN2/c1-8-7-14-15(9(8)2)11-5-10(6-11)12(3,4)13/h7,10-11H,5-6H2,1-4H3. The van der Waals surface area contributed by atoms with Crippen molar-refractivity contribution in [1.82, 2.24) is 9.78 Å². The SMILES string of the molecule is Cc1cnn(C2CC(C(C)(C)F)C2)c1C. The van der Waals surface area contributed by atoms with E-state index in [1.807, 2.05) is 6.20 Å². The zero-order chi connectivity index (χ0) is 11.2. The van der Waals surface area contributed by atoms with Gasteiger partial charge in [0.05, 0.1) is 12.2 Å². The second kappa shape index (κ2) is 3.32. The van der Waals surface area contributed by atoms with E-state index in [4.69, 9.17) is 0 Å². The van der Waals surface area contributed by atoms with Crippen molar-refractivity contribution in [2.75, 3.05) is 0 Å². The van der Waals surface area contributed by atoms with Crippen LogP contribution in [0.3, 0.4) is 0 Å². The van der Waals surface area contributed by atoms with Crippen molar-refractivity contribution in [3.8, 4) is 0 Å². The molecule has 0 bridgehead atoms. The predicted molar refractivity (Wildman–Crippen MR) is 58.6 cm³/mol. The summed E-state index contributed by atoms with van der Waals surface area (Å²) in [6.45, 7) is 7.49. The summed E-state index contributed by atoms with van der Waals surface area (Å²) in [4.78, 5) is 0. The second-order valence-electron chi connectivity index (χ2n) is 5.24. The van der Waals surface area contributed by atoms with Crippen LogP contribution in [0.1, 0.15) is 44.0 Å². The van der Waals surface area contributed by atoms with Crippen molar-refractivity contribution >= 4 is 0 Å². The molecule has 0 radical (unpaired) electrons. The summed E-state index contributed by atoms with van der Waals surface area (Å²) < 4.78 is 15.7. The number of alkyl halides is 1. The van der Waals surface area contributed by atoms with Crippen LogP contribution in [0.4, 0.5) is 4.39 Å². The molecule has 0 saturated heterocycles. The van der Waals surface area contributed by atoms with Gasteiger partial charge in [-0.25, -0.2) is 4.39 Å². The highest BCUT2D eigenvalue weighted by Gasteiger charge is 2.41. The molecular formula is C12H19FN2. The average Bonchev–Trinajstić information content (AvgIpc) is 2.30. The number of hydrogen-bond donors (Lipinski definition) is 0. The maximum absolute atomic E-state index is 13.6. The molecule has 0 aromatic carbocycles. The number of halogens is 1. The van der Waals surface area contributed by atoms with Gasteiger partial charge in [-0.1, -0.05) is 0 Å². The molecule has 0 atom stereocenters. The second-order valence-corrected chi connectivity index (χ2v) is 5.24. The fraction of sp³-hybridized carbons (Fsp3) is 0.750. The smallest absolute Gasteiger partial charge is 0.108 e. The number of rotatable bonds is 2. The normalized spacial score (nSPS) is 26.5. The lowest BCUT2D eigenvalue weighted by molar-refractivity contribution is 0.0264. The Kier molecular flexibility index (Phi) is 2.36. The molecule has 1 saturated carbocycles. The van der Waals surface area contributed by atoms with Gasteiger partial charge in [0.25, 0.3) is 0 Å². The van der Waals surface area contributed by atoms with E-state index in [-0.39, 0.29) is 5.92 Å². The molecule has 3 heteroatoms. The Morgan fingerprint density at radius 2 is 2.00 bits per heavy atom. The van der Waals surface area contributed by atoms with E-state index in [1.165, 1.54) is 11.3 Å². The van der Waals surface area contributed by atoms with Crippen LogP contribution in [0.15, 0.2) is 6.20 Å². The summed E-state index contributed by atoms with van der Waals surface area (Å²) in [5.74, 6) is 0.200. The first-order valence-electron chi connectivity index (χ1n) is 5.59. The summed E-state index contributed by atoms with van der Waals surface area (Å²) in [7, 11) is 0. The third-order valence-corrected chi connectivity index (χ3v) is 3.72. The van der Waals surface area contributed by atoms with E-state index in [0.29, 0.717) is 6.04 Å². The Morgan fingerprint density at radius 1 is 1.40 bits per heavy atom. The van der Waals surface area contributed by atoms with Crippen molar-refractivity contribution in [1.29, 1.82) is 0 Å². The van der Waals surface area contributed by atoms with Crippen molar-refractivity contribution in [2.45, 2.75) is 52.2 Å². The first-order chi connectivity index (χ1) is 6.89. The molecule has 2 nitrogen and oxygen atoms in total. The molecule has 1 heterocycles. The molecule has 0 aliphatic heterocycles. The minimum absolute atomic E-state index is 0.200. The topological polar surface area (TPSA) is 17.8 Å². The lowest BCUT2D eigenvalue weighted by Crippen LogP contribution is -2.39. The summed E-state index contributed by atoms with van der Waals surface area (Å²) in [6, 6.07) is 0.415. The van der Waals surface area contributed by atoms with Crippen LogP contribution >= 0.6 is 0 Å². The minimum Gasteiger partial charge on any atom is -0.267 e. The van der Waals surface area contributed by atoms with Gasteiger partial charge in [-0.3, -0.25) is 4.68 Å². The molecule has 0 spiro atoms. The van der Waals surface area contributed by atoms with Gasteiger partial charge < -0.3 is 0 Å². The third kappa shape index (κ3) is 1.80. The van der Waals surface area contributed by atoms with Gasteiger partial charge in [0.15, 0.2) is 0 Å². The molecule has 84 valence electrons. The largest absolute Gasteiger partial charge is 0.267 e. The molecule has 0 amide bonds. The molecule has 1 aliphatic carbocycles. The number of aryl methyl sites for hydroxylation is 1. The van der Waals surface area contributed by atoms with Crippen molar-refractivity contribution in [3.63, 3.8) is 0 Å². The van der Waals surface area contributed by atoms with Crippen LogP contribution in [0.25, 0.3) is 0 Å². The third-order valence-electron chi connectivity index (χ3n) is 3.72. The summed E-state index contributed by atoms with van der Waals surface area (Å²) >= 11 is 0. The van der Waals surface area contributed by atoms with Crippen molar-refractivity contribution < 1.29 is 4.39 Å². The first-order valence-corrected chi connectivity index (χ1v) is 5.59. The van der Waals surface area contributed by atoms with E-state index in [1.54, 1.807) is 13.8 Å². The zero-order valence-electron chi connectivity index (χ0n) is 9.92. The molecular weight excluding hydrogens is 191 g/mol. The van der Waals surface area contributed by atoms with E-state index < -0.39 is 5.67 Å². The van der Waals surface area contributed by atoms with Gasteiger partial charge in [-0.05, 0) is 52.0 Å². The highest BCUT2D eigenvalue weighted by Crippen LogP contribution is 2.45. The van der Waals surface area contributed by atoms with Gasteiger partial charge in [-0.15, -0.1) is 0 Å². The Balaban J connectivity index is 2.04. The lowest BCUT2D eigenvalue weighted by atomic mass is 9.72. The maximum atomic E-state index is 13.6. The van der Waals surface area contributed by atoms with Crippen molar-refractivity contribution in [2.24, 2.45) is 5.92 Å². The van der Waals surface area contributed by atoms with Gasteiger partial charge in [0.1, 0.15) is 5.67 Å². The summed E-state index contributed by atoms with van der Waals surface area (Å²) in [6.07, 6.45) is 3.74. The Labute approximate surface area is 90.5 Å². The Hall–Kier alpha value is -0.860. The molecule has 1 aromatic heterocycles. The van der Waals surface area contributed by atoms with E-state index in [9.17, 15) is 4.39 Å². The van der Waals surface area contributed by atoms with Crippen LogP contribution < -0.4 is 0 Å². The number of aromatic nitrogens is 2. The highest BCUT2D eigenvalue weighted by atomic mass is 19.1. The molecule has 0 N–H and O–H groups in total. The average molecular weight is 210 g/mol. The van der Waals surface area contributed by atoms with Gasteiger partial charge in [0.2, 0.25) is 0 Å². The van der Waals surface area contributed by atoms with Crippen LogP contribution in [-0.4, -0.2) is 15.4 Å². The Bertz CT molecular complexity index is 356. The minimum atomic E-state index is -1.04. The lowest BCUT2D eigenvalue weighted by Gasteiger charge is -2.41. The van der Waals surface area contributed by atoms with Crippen LogP contribution in [-0.2, 0) is 0 Å². The number of hydrogen-bond acceptors (Lipinski definition) is 1. The Morgan fingerprint density at radius 3 is 2.40 bits per heavy atom. The zero-order valence-corrected chi connectivity index (χ0v) is 9.92. The summed E-state index contributed by atoms with van der Waals surface area (Å²) in [5, 5.41) is 4.35. The van der Waals surface area contributed by atoms with Crippen molar-refractivity contribution in [3.05, 3.63) is 17.5 Å². The molecule has 1 aromatic rings. The fourth-order valence-corrected chi connectivity index (χ4v) is 2.23. The predicted octanol–water partition coefficient (Wildman–Crippen LogP) is 3.20.